The van der Waals surface area contributed by atoms with E-state index in [4.69, 9.17) is 11.6 Å². The van der Waals surface area contributed by atoms with Crippen LogP contribution in [0.25, 0.3) is 0 Å². The first-order valence-corrected chi connectivity index (χ1v) is 8.64. The maximum atomic E-state index is 13.0. The Morgan fingerprint density at radius 3 is 2.37 bits per heavy atom. The van der Waals surface area contributed by atoms with E-state index in [-0.39, 0.29) is 23.9 Å². The fourth-order valence-electron chi connectivity index (χ4n) is 2.52. The summed E-state index contributed by atoms with van der Waals surface area (Å²) in [6.45, 7) is 0.0940. The fourth-order valence-corrected chi connectivity index (χ4v) is 2.74. The molecule has 156 valence electrons. The topological polar surface area (TPSA) is 93.0 Å². The largest absolute Gasteiger partial charge is 0.417 e. The van der Waals surface area contributed by atoms with Crippen LogP contribution in [0.3, 0.4) is 0 Å². The van der Waals surface area contributed by atoms with Crippen LogP contribution in [0, 0.1) is 15.9 Å². The second kappa shape index (κ2) is 8.49. The van der Waals surface area contributed by atoms with Crippen LogP contribution in [0.2, 0.25) is 5.02 Å². The molecular formula is C18H12ClF4N5O2. The molecule has 3 aromatic rings. The molecule has 0 aliphatic heterocycles. The summed E-state index contributed by atoms with van der Waals surface area (Å²) in [5.41, 5.74) is -1.13. The van der Waals surface area contributed by atoms with Gasteiger partial charge in [0, 0.05) is 12.2 Å². The summed E-state index contributed by atoms with van der Waals surface area (Å²) >= 11 is 5.58. The standard InChI is InChI=1S/C18H12ClF4N5O2/c19-14-6-5-12(7-13(14)18(21,22)23)27-17-15(28(29)30)16(25-9-26-17)24-8-10-1-3-11(20)4-2-10/h1-7,9H,8H2,(H2,24,25,26,27). The molecule has 12 heteroatoms. The Morgan fingerprint density at radius 2 is 1.73 bits per heavy atom. The highest BCUT2D eigenvalue weighted by Crippen LogP contribution is 2.38. The van der Waals surface area contributed by atoms with Gasteiger partial charge in [0.2, 0.25) is 11.6 Å². The maximum absolute atomic E-state index is 13.0. The van der Waals surface area contributed by atoms with Crippen LogP contribution in [-0.4, -0.2) is 14.9 Å². The number of aromatic nitrogens is 2. The number of hydrogen-bond acceptors (Lipinski definition) is 6. The molecule has 0 amide bonds. The number of nitrogens with zero attached hydrogens (tertiary/aromatic N) is 3. The molecular weight excluding hydrogens is 430 g/mol. The van der Waals surface area contributed by atoms with Crippen LogP contribution in [0.5, 0.6) is 0 Å². The molecule has 0 aliphatic rings. The molecule has 7 nitrogen and oxygen atoms in total. The molecule has 0 atom stereocenters. The Bertz CT molecular complexity index is 1080. The third kappa shape index (κ3) is 4.92. The normalized spacial score (nSPS) is 11.2. The minimum atomic E-state index is -4.70. The zero-order valence-electron chi connectivity index (χ0n) is 14.9. The van der Waals surface area contributed by atoms with Gasteiger partial charge in [0.15, 0.2) is 0 Å². The lowest BCUT2D eigenvalue weighted by Gasteiger charge is -2.13. The van der Waals surface area contributed by atoms with Crippen molar-refractivity contribution in [1.82, 2.24) is 9.97 Å². The van der Waals surface area contributed by atoms with Crippen LogP contribution >= 0.6 is 11.6 Å². The molecule has 1 aromatic heterocycles. The first-order valence-electron chi connectivity index (χ1n) is 8.26. The SMILES string of the molecule is O=[N+]([O-])c1c(NCc2ccc(F)cc2)ncnc1Nc1ccc(Cl)c(C(F)(F)F)c1. The van der Waals surface area contributed by atoms with Crippen molar-refractivity contribution in [2.45, 2.75) is 12.7 Å². The van der Waals surface area contributed by atoms with E-state index in [1.807, 2.05) is 0 Å². The number of nitrogens with one attached hydrogen (secondary N) is 2. The molecule has 30 heavy (non-hydrogen) atoms. The van der Waals surface area contributed by atoms with Crippen LogP contribution in [0.1, 0.15) is 11.1 Å². The molecule has 0 aliphatic carbocycles. The Morgan fingerprint density at radius 1 is 1.07 bits per heavy atom. The van der Waals surface area contributed by atoms with E-state index < -0.39 is 33.2 Å². The number of benzene rings is 2. The van der Waals surface area contributed by atoms with Gasteiger partial charge in [0.25, 0.3) is 0 Å². The number of halogens is 5. The van der Waals surface area contributed by atoms with E-state index in [0.717, 1.165) is 18.5 Å². The molecule has 2 N–H and O–H groups in total. The monoisotopic (exact) mass is 441 g/mol. The lowest BCUT2D eigenvalue weighted by Crippen LogP contribution is -2.09. The van der Waals surface area contributed by atoms with Gasteiger partial charge in [-0.15, -0.1) is 0 Å². The van der Waals surface area contributed by atoms with Gasteiger partial charge in [-0.3, -0.25) is 10.1 Å². The molecule has 1 heterocycles. The minimum absolute atomic E-state index is 0.0940. The Balaban J connectivity index is 1.89. The van der Waals surface area contributed by atoms with Crippen molar-refractivity contribution >= 4 is 34.6 Å². The Kier molecular flexibility index (Phi) is 6.01. The number of rotatable bonds is 6. The predicted octanol–water partition coefficient (Wildman–Crippen LogP) is 5.55. The van der Waals surface area contributed by atoms with Crippen molar-refractivity contribution < 1.29 is 22.5 Å². The summed E-state index contributed by atoms with van der Waals surface area (Å²) < 4.78 is 52.1. The summed E-state index contributed by atoms with van der Waals surface area (Å²) in [5, 5.41) is 16.3. The van der Waals surface area contributed by atoms with Gasteiger partial charge in [-0.25, -0.2) is 14.4 Å². The van der Waals surface area contributed by atoms with E-state index >= 15 is 0 Å². The molecule has 3 rings (SSSR count). The molecule has 0 bridgehead atoms. The summed E-state index contributed by atoms with van der Waals surface area (Å²) in [4.78, 5) is 18.4. The smallest absolute Gasteiger partial charge is 0.360 e. The number of nitro groups is 1. The van der Waals surface area contributed by atoms with Crippen molar-refractivity contribution in [1.29, 1.82) is 0 Å². The van der Waals surface area contributed by atoms with Crippen LogP contribution < -0.4 is 10.6 Å². The average molecular weight is 442 g/mol. The average Bonchev–Trinajstić information content (AvgIpc) is 2.68. The molecule has 0 saturated carbocycles. The number of anilines is 3. The van der Waals surface area contributed by atoms with E-state index in [2.05, 4.69) is 20.6 Å². The Hall–Kier alpha value is -3.47. The van der Waals surface area contributed by atoms with Crippen molar-refractivity contribution in [3.63, 3.8) is 0 Å². The second-order valence-electron chi connectivity index (χ2n) is 5.97. The summed E-state index contributed by atoms with van der Waals surface area (Å²) in [5.74, 6) is -0.904. The van der Waals surface area contributed by atoms with E-state index in [9.17, 15) is 27.7 Å². The highest BCUT2D eigenvalue weighted by atomic mass is 35.5. The van der Waals surface area contributed by atoms with E-state index in [1.165, 1.54) is 30.3 Å². The van der Waals surface area contributed by atoms with E-state index in [1.54, 1.807) is 0 Å². The zero-order valence-corrected chi connectivity index (χ0v) is 15.6. The number of alkyl halides is 3. The molecule has 0 radical (unpaired) electrons. The van der Waals surface area contributed by atoms with E-state index in [0.29, 0.717) is 5.56 Å². The minimum Gasteiger partial charge on any atom is -0.360 e. The van der Waals surface area contributed by atoms with Gasteiger partial charge in [0.1, 0.15) is 12.1 Å². The molecule has 0 fully saturated rings. The van der Waals surface area contributed by atoms with Crippen LogP contribution in [0.15, 0.2) is 48.8 Å². The first kappa shape index (κ1) is 21.2. The second-order valence-corrected chi connectivity index (χ2v) is 6.38. The lowest BCUT2D eigenvalue weighted by atomic mass is 10.2. The van der Waals surface area contributed by atoms with Crippen LogP contribution in [0.4, 0.5) is 40.6 Å². The molecule has 0 unspecified atom stereocenters. The summed E-state index contributed by atoms with van der Waals surface area (Å²) in [7, 11) is 0. The van der Waals surface area contributed by atoms with Crippen molar-refractivity contribution in [2.75, 3.05) is 10.6 Å². The quantitative estimate of drug-likeness (QED) is 0.296. The highest BCUT2D eigenvalue weighted by molar-refractivity contribution is 6.31. The third-order valence-corrected chi connectivity index (χ3v) is 4.24. The van der Waals surface area contributed by atoms with Gasteiger partial charge in [-0.2, -0.15) is 13.2 Å². The third-order valence-electron chi connectivity index (χ3n) is 3.91. The molecule has 0 saturated heterocycles. The Labute approximate surface area is 171 Å². The van der Waals surface area contributed by atoms with Crippen molar-refractivity contribution in [3.8, 4) is 0 Å². The fraction of sp³-hybridized carbons (Fsp3) is 0.111. The van der Waals surface area contributed by atoms with Gasteiger partial charge in [-0.1, -0.05) is 23.7 Å². The van der Waals surface area contributed by atoms with Crippen LogP contribution in [-0.2, 0) is 12.7 Å². The lowest BCUT2D eigenvalue weighted by molar-refractivity contribution is -0.383. The highest BCUT2D eigenvalue weighted by Gasteiger charge is 2.33. The summed E-state index contributed by atoms with van der Waals surface area (Å²) in [6, 6.07) is 8.42. The van der Waals surface area contributed by atoms with Crippen molar-refractivity contribution in [2.24, 2.45) is 0 Å². The maximum Gasteiger partial charge on any atom is 0.417 e. The van der Waals surface area contributed by atoms with Gasteiger partial charge in [0.05, 0.1) is 15.5 Å². The summed E-state index contributed by atoms with van der Waals surface area (Å²) in [6.07, 6.45) is -3.68. The van der Waals surface area contributed by atoms with Crippen molar-refractivity contribution in [3.05, 3.63) is 80.9 Å². The molecule has 2 aromatic carbocycles. The predicted molar refractivity (Wildman–Crippen MR) is 102 cm³/mol. The number of hydrogen-bond donors (Lipinski definition) is 2. The van der Waals surface area contributed by atoms with Gasteiger partial charge < -0.3 is 10.6 Å². The van der Waals surface area contributed by atoms with Gasteiger partial charge in [-0.05, 0) is 35.9 Å². The molecule has 0 spiro atoms. The van der Waals surface area contributed by atoms with Gasteiger partial charge >= 0.3 is 11.9 Å². The first-order chi connectivity index (χ1) is 14.1. The zero-order chi connectivity index (χ0) is 21.9.